The summed E-state index contributed by atoms with van der Waals surface area (Å²) in [5.41, 5.74) is 0. The molecule has 0 aromatic heterocycles. The first-order valence-electron chi connectivity index (χ1n) is 44.7. The number of aliphatic hydroxyl groups excluding tert-OH is 1. The third kappa shape index (κ3) is 78.7. The molecule has 3 N–H and O–H groups in total. The monoisotopic (exact) mass is 1550 g/mol. The molecule has 0 aliphatic rings. The van der Waals surface area contributed by atoms with E-state index in [4.69, 9.17) is 37.0 Å². The van der Waals surface area contributed by atoms with E-state index in [2.05, 4.69) is 55.4 Å². The smallest absolute Gasteiger partial charge is 0.462 e. The van der Waals surface area contributed by atoms with Gasteiger partial charge in [-0.25, -0.2) is 9.13 Å². The van der Waals surface area contributed by atoms with Gasteiger partial charge in [0.1, 0.15) is 19.3 Å². The summed E-state index contributed by atoms with van der Waals surface area (Å²) in [6.45, 7) is 14.3. The van der Waals surface area contributed by atoms with Gasteiger partial charge >= 0.3 is 39.5 Å². The number of hydrogen-bond donors (Lipinski definition) is 3. The Labute approximate surface area is 651 Å². The number of aliphatic hydroxyl groups is 1. The number of esters is 4. The van der Waals surface area contributed by atoms with Gasteiger partial charge in [0.15, 0.2) is 12.2 Å². The van der Waals surface area contributed by atoms with Crippen LogP contribution in [0.1, 0.15) is 453 Å². The second-order valence-electron chi connectivity index (χ2n) is 33.0. The van der Waals surface area contributed by atoms with Crippen LogP contribution in [0.15, 0.2) is 0 Å². The first-order valence-corrected chi connectivity index (χ1v) is 47.7. The van der Waals surface area contributed by atoms with Gasteiger partial charge in [-0.2, -0.15) is 0 Å². The van der Waals surface area contributed by atoms with Crippen LogP contribution in [-0.4, -0.2) is 96.7 Å². The SMILES string of the molecule is CCC(C)CCCCCCCCCCCCCCCCCCCCC(=O)OC[C@H](COP(=O)(O)OCC(O)COP(=O)(O)OC[C@@H](COC(=O)CCCCCCCCC(C)C)OC(=O)CCCCCCCCCCCCCCCCCCCCC(C)C)OC(=O)CCCCCCCCCCCCCC(C)C. The summed E-state index contributed by atoms with van der Waals surface area (Å²) in [6.07, 6.45) is 65.5. The molecule has 0 rings (SSSR count). The van der Waals surface area contributed by atoms with Crippen LogP contribution in [0.25, 0.3) is 0 Å². The Bertz CT molecular complexity index is 2060. The van der Waals surface area contributed by atoms with Gasteiger partial charge < -0.3 is 33.8 Å². The van der Waals surface area contributed by atoms with Gasteiger partial charge in [-0.15, -0.1) is 0 Å². The van der Waals surface area contributed by atoms with Crippen LogP contribution in [0.4, 0.5) is 0 Å². The summed E-state index contributed by atoms with van der Waals surface area (Å²) in [6, 6.07) is 0. The minimum absolute atomic E-state index is 0.107. The van der Waals surface area contributed by atoms with Crippen LogP contribution in [-0.2, 0) is 65.4 Å². The van der Waals surface area contributed by atoms with Crippen molar-refractivity contribution in [2.24, 2.45) is 23.7 Å². The van der Waals surface area contributed by atoms with Crippen molar-refractivity contribution in [1.29, 1.82) is 0 Å². The van der Waals surface area contributed by atoms with E-state index in [0.717, 1.165) is 114 Å². The van der Waals surface area contributed by atoms with E-state index in [1.165, 1.54) is 250 Å². The fourth-order valence-electron chi connectivity index (χ4n) is 13.5. The van der Waals surface area contributed by atoms with E-state index in [-0.39, 0.29) is 25.7 Å². The van der Waals surface area contributed by atoms with Gasteiger partial charge in [0.05, 0.1) is 26.4 Å². The molecule has 0 spiro atoms. The summed E-state index contributed by atoms with van der Waals surface area (Å²) in [5.74, 6) is 1.03. The lowest BCUT2D eigenvalue weighted by Crippen LogP contribution is -2.30. The van der Waals surface area contributed by atoms with Gasteiger partial charge in [-0.05, 0) is 49.4 Å². The highest BCUT2D eigenvalue weighted by Gasteiger charge is 2.31. The summed E-state index contributed by atoms with van der Waals surface area (Å²) >= 11 is 0. The van der Waals surface area contributed by atoms with Gasteiger partial charge in [-0.1, -0.05) is 402 Å². The Morgan fingerprint density at radius 3 is 0.670 bits per heavy atom. The number of hydrogen-bond acceptors (Lipinski definition) is 15. The Morgan fingerprint density at radius 2 is 0.453 bits per heavy atom. The Morgan fingerprint density at radius 1 is 0.264 bits per heavy atom. The molecule has 106 heavy (non-hydrogen) atoms. The van der Waals surface area contributed by atoms with Crippen molar-refractivity contribution in [3.63, 3.8) is 0 Å². The maximum atomic E-state index is 13.1. The van der Waals surface area contributed by atoms with Crippen LogP contribution in [0.3, 0.4) is 0 Å². The molecule has 0 bridgehead atoms. The normalized spacial score (nSPS) is 14.2. The van der Waals surface area contributed by atoms with Crippen molar-refractivity contribution in [2.45, 2.75) is 472 Å². The average Bonchev–Trinajstić information content (AvgIpc) is 0.898. The quantitative estimate of drug-likeness (QED) is 0.0222. The molecule has 0 saturated heterocycles. The van der Waals surface area contributed by atoms with E-state index < -0.39 is 97.5 Å². The van der Waals surface area contributed by atoms with Crippen LogP contribution < -0.4 is 0 Å². The molecule has 0 fully saturated rings. The Balaban J connectivity index is 5.15. The van der Waals surface area contributed by atoms with Crippen molar-refractivity contribution in [2.75, 3.05) is 39.6 Å². The molecule has 0 heterocycles. The number of carbonyl (C=O) groups is 4. The molecule has 19 heteroatoms. The first-order chi connectivity index (χ1) is 51.1. The van der Waals surface area contributed by atoms with Gasteiger partial charge in [0.25, 0.3) is 0 Å². The summed E-state index contributed by atoms with van der Waals surface area (Å²) in [4.78, 5) is 73.2. The molecular formula is C87H170O17P2. The van der Waals surface area contributed by atoms with E-state index in [1.54, 1.807) is 0 Å². The fraction of sp³-hybridized carbons (Fsp3) is 0.954. The van der Waals surface area contributed by atoms with Crippen molar-refractivity contribution in [1.82, 2.24) is 0 Å². The molecule has 0 amide bonds. The molecule has 6 atom stereocenters. The molecule has 0 saturated carbocycles. The molecule has 0 aliphatic carbocycles. The average molecular weight is 1550 g/mol. The van der Waals surface area contributed by atoms with Crippen LogP contribution >= 0.6 is 15.6 Å². The fourth-order valence-corrected chi connectivity index (χ4v) is 15.0. The molecule has 0 aliphatic heterocycles. The van der Waals surface area contributed by atoms with Crippen molar-refractivity contribution < 1.29 is 80.2 Å². The zero-order chi connectivity index (χ0) is 78.1. The molecule has 0 radical (unpaired) electrons. The summed E-state index contributed by atoms with van der Waals surface area (Å²) < 4.78 is 68.8. The van der Waals surface area contributed by atoms with Crippen molar-refractivity contribution >= 4 is 39.5 Å². The maximum absolute atomic E-state index is 13.1. The highest BCUT2D eigenvalue weighted by atomic mass is 31.2. The molecule has 0 aromatic rings. The standard InChI is InChI=1S/C87H170O17P2/c1-9-80(8)66-58-50-41-35-29-23-19-15-11-13-16-20-24-30-36-42-51-59-67-84(89)97-73-82(103-87(92)70-62-54-44-38-32-26-28-34-40-48-56-64-78(4)5)75-101-105(93,94)99-71-81(88)72-100-106(95,96)102-76-83(74-98-85(90)68-60-52-46-45-49-57-65-79(6)7)104-86(91)69-61-53-43-37-31-25-21-17-12-10-14-18-22-27-33-39-47-55-63-77(2)3/h77-83,88H,9-76H2,1-8H3,(H,93,94)(H,95,96)/t80?,81?,82-,83-/m1/s1. The van der Waals surface area contributed by atoms with Gasteiger partial charge in [-0.3, -0.25) is 37.3 Å². The van der Waals surface area contributed by atoms with Crippen LogP contribution in [0, 0.1) is 23.7 Å². The third-order valence-corrected chi connectivity index (χ3v) is 22.6. The maximum Gasteiger partial charge on any atom is 0.472 e. The van der Waals surface area contributed by atoms with Crippen LogP contribution in [0.2, 0.25) is 0 Å². The number of rotatable bonds is 84. The Kier molecular flexibility index (Phi) is 74.3. The summed E-state index contributed by atoms with van der Waals surface area (Å²) in [5, 5.41) is 10.7. The Hall–Kier alpha value is -1.94. The van der Waals surface area contributed by atoms with E-state index in [0.29, 0.717) is 31.6 Å². The lowest BCUT2D eigenvalue weighted by atomic mass is 9.99. The minimum Gasteiger partial charge on any atom is -0.462 e. The second kappa shape index (κ2) is 75.7. The van der Waals surface area contributed by atoms with E-state index in [1.807, 2.05) is 0 Å². The highest BCUT2D eigenvalue weighted by molar-refractivity contribution is 7.47. The predicted molar refractivity (Wildman–Crippen MR) is 437 cm³/mol. The lowest BCUT2D eigenvalue weighted by molar-refractivity contribution is -0.161. The zero-order valence-electron chi connectivity index (χ0n) is 70.1. The van der Waals surface area contributed by atoms with Gasteiger partial charge in [0, 0.05) is 25.7 Å². The number of phosphoric acid groups is 2. The second-order valence-corrected chi connectivity index (χ2v) is 35.9. The highest BCUT2D eigenvalue weighted by Crippen LogP contribution is 2.45. The largest absolute Gasteiger partial charge is 0.472 e. The van der Waals surface area contributed by atoms with E-state index in [9.17, 15) is 43.2 Å². The third-order valence-electron chi connectivity index (χ3n) is 20.7. The molecule has 4 unspecified atom stereocenters. The van der Waals surface area contributed by atoms with Crippen molar-refractivity contribution in [3.05, 3.63) is 0 Å². The predicted octanol–water partition coefficient (Wildman–Crippen LogP) is 26.3. The minimum atomic E-state index is -4.97. The summed E-state index contributed by atoms with van der Waals surface area (Å²) in [7, 11) is -9.93. The zero-order valence-corrected chi connectivity index (χ0v) is 71.9. The molecule has 17 nitrogen and oxygen atoms in total. The molecule has 0 aromatic carbocycles. The number of ether oxygens (including phenoxy) is 4. The van der Waals surface area contributed by atoms with Gasteiger partial charge in [0.2, 0.25) is 0 Å². The first kappa shape index (κ1) is 104. The lowest BCUT2D eigenvalue weighted by Gasteiger charge is -2.21. The van der Waals surface area contributed by atoms with Crippen LogP contribution in [0.5, 0.6) is 0 Å². The number of phosphoric ester groups is 2. The topological polar surface area (TPSA) is 237 Å². The molecule has 630 valence electrons. The van der Waals surface area contributed by atoms with E-state index >= 15 is 0 Å². The number of carbonyl (C=O) groups excluding carboxylic acids is 4. The van der Waals surface area contributed by atoms with Crippen molar-refractivity contribution in [3.8, 4) is 0 Å². The molecular weight excluding hydrogens is 1380 g/mol. The number of unbranched alkanes of at least 4 members (excludes halogenated alkanes) is 49.